The third kappa shape index (κ3) is 3.79. The van der Waals surface area contributed by atoms with Crippen LogP contribution in [0.1, 0.15) is 0 Å². The molecular weight excluding hydrogens is 371 g/mol. The van der Waals surface area contributed by atoms with Crippen LogP contribution in [0, 0.1) is 3.70 Å². The van der Waals surface area contributed by atoms with Crippen molar-refractivity contribution in [1.82, 2.24) is 9.78 Å². The van der Waals surface area contributed by atoms with Crippen LogP contribution in [0.25, 0.3) is 0 Å². The van der Waals surface area contributed by atoms with Gasteiger partial charge in [0.15, 0.2) is 0 Å². The zero-order chi connectivity index (χ0) is 11.9. The summed E-state index contributed by atoms with van der Waals surface area (Å²) in [5.41, 5.74) is 0. The Bertz CT molecular complexity index is 469. The van der Waals surface area contributed by atoms with Gasteiger partial charge in [-0.3, -0.25) is 4.68 Å². The zero-order valence-corrected chi connectivity index (χ0v) is 10.5. The van der Waals surface area contributed by atoms with Crippen LogP contribution in [0.3, 0.4) is 0 Å². The van der Waals surface area contributed by atoms with Gasteiger partial charge < -0.3 is 0 Å². The Morgan fingerprint density at radius 1 is 1.53 bits per heavy atom. The first-order valence-electron chi connectivity index (χ1n) is 3.34. The van der Waals surface area contributed by atoms with Gasteiger partial charge >= 0.3 is 6.18 Å². The molecule has 1 rings (SSSR count). The van der Waals surface area contributed by atoms with Gasteiger partial charge in [0.1, 0.15) is 15.1 Å². The van der Waals surface area contributed by atoms with Gasteiger partial charge in [-0.1, -0.05) is 0 Å². The lowest BCUT2D eigenvalue weighted by molar-refractivity contribution is -0.142. The van der Waals surface area contributed by atoms with Crippen molar-refractivity contribution >= 4 is 42.3 Å². The molecule has 0 N–H and O–H groups in total. The highest BCUT2D eigenvalue weighted by atomic mass is 127. The zero-order valence-electron chi connectivity index (χ0n) is 6.79. The molecule has 0 aliphatic carbocycles. The van der Waals surface area contributed by atoms with Crippen LogP contribution in [0.5, 0.6) is 0 Å². The summed E-state index contributed by atoms with van der Waals surface area (Å²) in [5, 5.41) is 3.38. The maximum atomic E-state index is 11.9. The number of alkyl halides is 3. The molecule has 10 heteroatoms. The fourth-order valence-corrected chi connectivity index (χ4v) is 3.31. The van der Waals surface area contributed by atoms with E-state index in [1.54, 1.807) is 0 Å². The minimum absolute atomic E-state index is 0.0909. The van der Waals surface area contributed by atoms with E-state index < -0.39 is 26.7 Å². The lowest BCUT2D eigenvalue weighted by Crippen LogP contribution is -2.18. The summed E-state index contributed by atoms with van der Waals surface area (Å²) < 4.78 is 57.9. The van der Waals surface area contributed by atoms with Gasteiger partial charge in [0.25, 0.3) is 9.05 Å². The number of nitrogens with zero attached hydrogens (tertiary/aromatic N) is 2. The van der Waals surface area contributed by atoms with Crippen molar-refractivity contribution in [2.24, 2.45) is 0 Å². The summed E-state index contributed by atoms with van der Waals surface area (Å²) in [7, 11) is 0.927. The van der Waals surface area contributed by atoms with Crippen LogP contribution < -0.4 is 0 Å². The van der Waals surface area contributed by atoms with E-state index in [0.29, 0.717) is 4.68 Å². The van der Waals surface area contributed by atoms with E-state index in [9.17, 15) is 21.6 Å². The largest absolute Gasteiger partial charge is 0.408 e. The van der Waals surface area contributed by atoms with E-state index in [2.05, 4.69) is 5.10 Å². The molecule has 15 heavy (non-hydrogen) atoms. The minimum atomic E-state index is -4.46. The molecule has 0 fully saturated rings. The van der Waals surface area contributed by atoms with Crippen molar-refractivity contribution in [3.05, 3.63) is 9.90 Å². The predicted octanol–water partition coefficient (Wildman–Crippen LogP) is 1.98. The topological polar surface area (TPSA) is 52.0 Å². The van der Waals surface area contributed by atoms with E-state index in [-0.39, 0.29) is 3.70 Å². The molecule has 1 aromatic rings. The molecule has 0 atom stereocenters. The molecule has 1 aromatic heterocycles. The normalized spacial score (nSPS) is 13.1. The van der Waals surface area contributed by atoms with Gasteiger partial charge in [0.2, 0.25) is 0 Å². The lowest BCUT2D eigenvalue weighted by atomic mass is 10.6. The lowest BCUT2D eigenvalue weighted by Gasteiger charge is -2.04. The molecule has 86 valence electrons. The van der Waals surface area contributed by atoms with E-state index >= 15 is 0 Å². The average molecular weight is 375 g/mol. The van der Waals surface area contributed by atoms with Crippen molar-refractivity contribution in [3.63, 3.8) is 0 Å². The molecule has 1 heterocycles. The summed E-state index contributed by atoms with van der Waals surface area (Å²) in [4.78, 5) is -0.422. The molecule has 0 aromatic carbocycles. The molecule has 0 unspecified atom stereocenters. The molecule has 0 amide bonds. The van der Waals surface area contributed by atoms with E-state index in [0.717, 1.165) is 6.20 Å². The second-order valence-electron chi connectivity index (χ2n) is 2.53. The van der Waals surface area contributed by atoms with Gasteiger partial charge in [-0.05, 0) is 22.6 Å². The van der Waals surface area contributed by atoms with Crippen molar-refractivity contribution in [2.75, 3.05) is 0 Å². The smallest absolute Gasteiger partial charge is 0.261 e. The van der Waals surface area contributed by atoms with Gasteiger partial charge in [0, 0.05) is 16.9 Å². The Morgan fingerprint density at radius 2 is 2.07 bits per heavy atom. The van der Waals surface area contributed by atoms with Crippen molar-refractivity contribution in [2.45, 2.75) is 17.6 Å². The number of halogens is 5. The highest BCUT2D eigenvalue weighted by Crippen LogP contribution is 2.23. The van der Waals surface area contributed by atoms with Crippen molar-refractivity contribution in [3.8, 4) is 0 Å². The third-order valence-corrected chi connectivity index (χ3v) is 3.78. The third-order valence-electron chi connectivity index (χ3n) is 1.29. The van der Waals surface area contributed by atoms with Crippen LogP contribution >= 0.6 is 33.3 Å². The SMILES string of the molecule is O=S(=O)(Cl)c1cn(CC(F)(F)F)nc1I. The second kappa shape index (κ2) is 4.09. The number of hydrogen-bond acceptors (Lipinski definition) is 3. The highest BCUT2D eigenvalue weighted by Gasteiger charge is 2.30. The summed E-state index contributed by atoms with van der Waals surface area (Å²) >= 11 is 1.50. The predicted molar refractivity (Wildman–Crippen MR) is 54.0 cm³/mol. The molecule has 0 spiro atoms. The molecule has 0 saturated heterocycles. The number of hydrogen-bond donors (Lipinski definition) is 0. The monoisotopic (exact) mass is 374 g/mol. The summed E-state index contributed by atoms with van der Waals surface area (Å²) in [6, 6.07) is 0. The van der Waals surface area contributed by atoms with Gasteiger partial charge in [-0.25, -0.2) is 8.42 Å². The van der Waals surface area contributed by atoms with Gasteiger partial charge in [-0.2, -0.15) is 18.3 Å². The molecule has 4 nitrogen and oxygen atoms in total. The molecule has 0 aliphatic rings. The summed E-state index contributed by atoms with van der Waals surface area (Å²) in [6.07, 6.45) is -3.71. The Hall–Kier alpha value is -0.0300. The maximum absolute atomic E-state index is 11.9. The van der Waals surface area contributed by atoms with Crippen molar-refractivity contribution in [1.29, 1.82) is 0 Å². The summed E-state index contributed by atoms with van der Waals surface area (Å²) in [5.74, 6) is 0. The number of rotatable bonds is 2. The molecule has 0 radical (unpaired) electrons. The van der Waals surface area contributed by atoms with Crippen LogP contribution in [-0.4, -0.2) is 24.4 Å². The maximum Gasteiger partial charge on any atom is 0.408 e. The second-order valence-corrected chi connectivity index (χ2v) is 6.09. The van der Waals surface area contributed by atoms with Gasteiger partial charge in [-0.15, -0.1) is 0 Å². The highest BCUT2D eigenvalue weighted by molar-refractivity contribution is 14.1. The minimum Gasteiger partial charge on any atom is -0.261 e. The van der Waals surface area contributed by atoms with E-state index in [1.165, 1.54) is 22.6 Å². The summed E-state index contributed by atoms with van der Waals surface area (Å²) in [6.45, 7) is -1.35. The molecule has 0 saturated carbocycles. The Kier molecular flexibility index (Phi) is 3.55. The first-order valence-corrected chi connectivity index (χ1v) is 6.73. The van der Waals surface area contributed by atoms with E-state index in [4.69, 9.17) is 10.7 Å². The fraction of sp³-hybridized carbons (Fsp3) is 0.400. The Balaban J connectivity index is 3.08. The van der Waals surface area contributed by atoms with Gasteiger partial charge in [0.05, 0.1) is 0 Å². The standard InChI is InChI=1S/C5H3ClF3IN2O2S/c6-15(13,14)3-1-12(11-4(3)10)2-5(7,8)9/h1H,2H2. The molecule has 0 bridgehead atoms. The van der Waals surface area contributed by atoms with Crippen LogP contribution in [-0.2, 0) is 15.6 Å². The number of aromatic nitrogens is 2. The first kappa shape index (κ1) is 13.0. The van der Waals surface area contributed by atoms with Crippen LogP contribution in [0.2, 0.25) is 0 Å². The first-order chi connectivity index (χ1) is 6.59. The Morgan fingerprint density at radius 3 is 2.40 bits per heavy atom. The van der Waals surface area contributed by atoms with Crippen molar-refractivity contribution < 1.29 is 21.6 Å². The average Bonchev–Trinajstić information content (AvgIpc) is 2.25. The molecular formula is C5H3ClF3IN2O2S. The fourth-order valence-electron chi connectivity index (χ4n) is 0.808. The quantitative estimate of drug-likeness (QED) is 0.588. The Labute approximate surface area is 101 Å². The van der Waals surface area contributed by atoms with Crippen LogP contribution in [0.4, 0.5) is 13.2 Å². The van der Waals surface area contributed by atoms with Crippen LogP contribution in [0.15, 0.2) is 11.1 Å². The van der Waals surface area contributed by atoms with E-state index in [1.807, 2.05) is 0 Å². The molecule has 0 aliphatic heterocycles.